The summed E-state index contributed by atoms with van der Waals surface area (Å²) in [5.74, 6) is -0.162. The van der Waals surface area contributed by atoms with Gasteiger partial charge in [-0.2, -0.15) is 5.26 Å². The summed E-state index contributed by atoms with van der Waals surface area (Å²) >= 11 is 0. The van der Waals surface area contributed by atoms with Gasteiger partial charge in [0, 0.05) is 13.3 Å². The van der Waals surface area contributed by atoms with Crippen molar-refractivity contribution in [3.8, 4) is 6.07 Å². The van der Waals surface area contributed by atoms with E-state index in [0.29, 0.717) is 11.8 Å². The molecule has 3 nitrogen and oxygen atoms in total. The van der Waals surface area contributed by atoms with Crippen molar-refractivity contribution in [3.63, 3.8) is 0 Å². The minimum atomic E-state index is -0.222. The fraction of sp³-hybridized carbons (Fsp3) is 0.867. The molecule has 1 aliphatic rings. The Hall–Kier alpha value is -1.04. The maximum atomic E-state index is 11.2. The van der Waals surface area contributed by atoms with Crippen LogP contribution in [0.25, 0.3) is 0 Å². The Balaban J connectivity index is 2.52. The lowest BCUT2D eigenvalue weighted by atomic mass is 9.67. The van der Waals surface area contributed by atoms with Gasteiger partial charge in [0.1, 0.15) is 5.60 Å². The Labute approximate surface area is 111 Å². The van der Waals surface area contributed by atoms with Crippen LogP contribution in [0.1, 0.15) is 72.1 Å². The molecular weight excluding hydrogens is 226 g/mol. The molecule has 18 heavy (non-hydrogen) atoms. The summed E-state index contributed by atoms with van der Waals surface area (Å²) in [6.45, 7) is 5.90. The highest BCUT2D eigenvalue weighted by Gasteiger charge is 2.41. The van der Waals surface area contributed by atoms with Crippen molar-refractivity contribution < 1.29 is 9.53 Å². The zero-order valence-corrected chi connectivity index (χ0v) is 11.9. The summed E-state index contributed by atoms with van der Waals surface area (Å²) in [4.78, 5) is 11.2. The van der Waals surface area contributed by atoms with Crippen LogP contribution >= 0.6 is 0 Å². The van der Waals surface area contributed by atoms with E-state index in [1.807, 2.05) is 0 Å². The van der Waals surface area contributed by atoms with Crippen LogP contribution in [-0.2, 0) is 9.53 Å². The second kappa shape index (κ2) is 6.22. The molecule has 0 unspecified atom stereocenters. The van der Waals surface area contributed by atoms with E-state index in [1.54, 1.807) is 0 Å². The number of unbranched alkanes of at least 4 members (excludes halogenated alkanes) is 1. The molecule has 0 heterocycles. The topological polar surface area (TPSA) is 50.1 Å². The van der Waals surface area contributed by atoms with E-state index >= 15 is 0 Å². The molecule has 0 aromatic heterocycles. The molecule has 3 heteroatoms. The first kappa shape index (κ1) is 15.0. The first-order valence-corrected chi connectivity index (χ1v) is 7.02. The van der Waals surface area contributed by atoms with Crippen LogP contribution in [0.4, 0.5) is 0 Å². The smallest absolute Gasteiger partial charge is 0.303 e. The second-order valence-corrected chi connectivity index (χ2v) is 5.95. The van der Waals surface area contributed by atoms with Gasteiger partial charge >= 0.3 is 5.97 Å². The van der Waals surface area contributed by atoms with Crippen molar-refractivity contribution in [3.05, 3.63) is 0 Å². The molecule has 0 aliphatic heterocycles. The maximum absolute atomic E-state index is 11.2. The Morgan fingerprint density at radius 3 is 2.39 bits per heavy atom. The summed E-state index contributed by atoms with van der Waals surface area (Å²) in [6.07, 6.45) is 7.77. The van der Waals surface area contributed by atoms with Crippen LogP contribution in [0, 0.1) is 16.7 Å². The molecule has 0 aromatic rings. The van der Waals surface area contributed by atoms with Crippen molar-refractivity contribution >= 4 is 5.97 Å². The molecule has 1 saturated carbocycles. The molecule has 0 aromatic carbocycles. The van der Waals surface area contributed by atoms with E-state index in [0.717, 1.165) is 44.9 Å². The van der Waals surface area contributed by atoms with Crippen molar-refractivity contribution in [2.24, 2.45) is 5.41 Å². The number of ether oxygens (including phenoxy) is 1. The molecule has 0 amide bonds. The SMILES string of the molecule is CCC1(OC(C)=O)CCC(C)(CCCC#N)CC1. The Kier molecular flexibility index (Phi) is 5.19. The number of carbonyl (C=O) groups is 1. The summed E-state index contributed by atoms with van der Waals surface area (Å²) in [5, 5.41) is 8.59. The molecule has 1 rings (SSSR count). The second-order valence-electron chi connectivity index (χ2n) is 5.95. The Morgan fingerprint density at radius 1 is 1.33 bits per heavy atom. The minimum absolute atomic E-state index is 0.162. The summed E-state index contributed by atoms with van der Waals surface area (Å²) < 4.78 is 5.56. The number of nitrogens with zero attached hydrogens (tertiary/aromatic N) is 1. The minimum Gasteiger partial charge on any atom is -0.459 e. The van der Waals surface area contributed by atoms with Gasteiger partial charge in [-0.25, -0.2) is 0 Å². The zero-order chi connectivity index (χ0) is 13.6. The van der Waals surface area contributed by atoms with Crippen LogP contribution < -0.4 is 0 Å². The molecular formula is C15H25NO2. The van der Waals surface area contributed by atoms with Crippen LogP contribution in [0.15, 0.2) is 0 Å². The monoisotopic (exact) mass is 251 g/mol. The lowest BCUT2D eigenvalue weighted by Crippen LogP contribution is -2.41. The number of hydrogen-bond donors (Lipinski definition) is 0. The van der Waals surface area contributed by atoms with Gasteiger partial charge in [-0.05, 0) is 50.4 Å². The average Bonchev–Trinajstić information content (AvgIpc) is 2.33. The lowest BCUT2D eigenvalue weighted by molar-refractivity contribution is -0.164. The van der Waals surface area contributed by atoms with Crippen molar-refractivity contribution in [1.29, 1.82) is 5.26 Å². The fourth-order valence-electron chi connectivity index (χ4n) is 2.99. The highest BCUT2D eigenvalue weighted by molar-refractivity contribution is 5.66. The van der Waals surface area contributed by atoms with E-state index in [2.05, 4.69) is 19.9 Å². The van der Waals surface area contributed by atoms with Gasteiger partial charge in [-0.1, -0.05) is 13.8 Å². The maximum Gasteiger partial charge on any atom is 0.303 e. The Bertz CT molecular complexity index is 322. The summed E-state index contributed by atoms with van der Waals surface area (Å²) in [6, 6.07) is 2.21. The van der Waals surface area contributed by atoms with Gasteiger partial charge in [0.2, 0.25) is 0 Å². The normalized spacial score (nSPS) is 31.7. The summed E-state index contributed by atoms with van der Waals surface area (Å²) in [7, 11) is 0. The molecule has 0 saturated heterocycles. The number of nitriles is 1. The largest absolute Gasteiger partial charge is 0.459 e. The van der Waals surface area contributed by atoms with Crippen LogP contribution in [0.2, 0.25) is 0 Å². The Morgan fingerprint density at radius 2 is 1.94 bits per heavy atom. The average molecular weight is 251 g/mol. The molecule has 1 aliphatic carbocycles. The number of esters is 1. The molecule has 0 bridgehead atoms. The van der Waals surface area contributed by atoms with Crippen molar-refractivity contribution in [1.82, 2.24) is 0 Å². The van der Waals surface area contributed by atoms with E-state index < -0.39 is 0 Å². The molecule has 0 atom stereocenters. The molecule has 0 radical (unpaired) electrons. The van der Waals surface area contributed by atoms with Crippen molar-refractivity contribution in [2.75, 3.05) is 0 Å². The first-order chi connectivity index (χ1) is 8.45. The van der Waals surface area contributed by atoms with Gasteiger partial charge in [0.25, 0.3) is 0 Å². The predicted octanol–water partition coefficient (Wildman–Crippen LogP) is 3.97. The fourth-order valence-corrected chi connectivity index (χ4v) is 2.99. The van der Waals surface area contributed by atoms with Crippen LogP contribution in [0.5, 0.6) is 0 Å². The number of carbonyl (C=O) groups excluding carboxylic acids is 1. The predicted molar refractivity (Wildman–Crippen MR) is 70.8 cm³/mol. The van der Waals surface area contributed by atoms with Crippen LogP contribution in [0.3, 0.4) is 0 Å². The third kappa shape index (κ3) is 4.01. The lowest BCUT2D eigenvalue weighted by Gasteiger charge is -2.44. The molecule has 102 valence electrons. The van der Waals surface area contributed by atoms with Gasteiger partial charge in [-0.3, -0.25) is 4.79 Å². The third-order valence-corrected chi connectivity index (χ3v) is 4.44. The van der Waals surface area contributed by atoms with Crippen molar-refractivity contribution in [2.45, 2.75) is 77.7 Å². The molecule has 0 N–H and O–H groups in total. The highest BCUT2D eigenvalue weighted by Crippen LogP contribution is 2.46. The standard InChI is InChI=1S/C15H25NO2/c1-4-15(18-13(2)17)10-8-14(3,9-11-15)7-5-6-12-16/h4-11H2,1-3H3. The quantitative estimate of drug-likeness (QED) is 0.548. The third-order valence-electron chi connectivity index (χ3n) is 4.44. The number of hydrogen-bond acceptors (Lipinski definition) is 3. The van der Waals surface area contributed by atoms with Gasteiger partial charge in [0.15, 0.2) is 0 Å². The van der Waals surface area contributed by atoms with Gasteiger partial charge in [-0.15, -0.1) is 0 Å². The van der Waals surface area contributed by atoms with E-state index in [-0.39, 0.29) is 11.6 Å². The highest BCUT2D eigenvalue weighted by atomic mass is 16.6. The van der Waals surface area contributed by atoms with E-state index in [9.17, 15) is 4.79 Å². The summed E-state index contributed by atoms with van der Waals surface area (Å²) in [5.41, 5.74) is 0.107. The number of rotatable bonds is 5. The zero-order valence-electron chi connectivity index (χ0n) is 11.9. The van der Waals surface area contributed by atoms with Gasteiger partial charge < -0.3 is 4.74 Å². The molecule has 1 fully saturated rings. The van der Waals surface area contributed by atoms with Crippen LogP contribution in [-0.4, -0.2) is 11.6 Å². The van der Waals surface area contributed by atoms with E-state index in [4.69, 9.17) is 10.00 Å². The van der Waals surface area contributed by atoms with E-state index in [1.165, 1.54) is 6.92 Å². The van der Waals surface area contributed by atoms with Gasteiger partial charge in [0.05, 0.1) is 6.07 Å². The molecule has 0 spiro atoms. The first-order valence-electron chi connectivity index (χ1n) is 7.02.